The van der Waals surface area contributed by atoms with Crippen LogP contribution < -0.4 is 10.6 Å². The highest BCUT2D eigenvalue weighted by Gasteiger charge is 2.39. The Bertz CT molecular complexity index is 735. The van der Waals surface area contributed by atoms with E-state index in [2.05, 4.69) is 31.6 Å². The minimum absolute atomic E-state index is 0.0183. The highest BCUT2D eigenvalue weighted by molar-refractivity contribution is 5.77. The van der Waals surface area contributed by atoms with Gasteiger partial charge < -0.3 is 10.6 Å². The molecule has 1 saturated heterocycles. The number of primary amides is 1. The van der Waals surface area contributed by atoms with Gasteiger partial charge in [0.25, 0.3) is 0 Å². The van der Waals surface area contributed by atoms with E-state index >= 15 is 0 Å². The topological polar surface area (TPSA) is 89.9 Å². The van der Waals surface area contributed by atoms with Gasteiger partial charge in [0, 0.05) is 43.0 Å². The Kier molecular flexibility index (Phi) is 3.70. The molecule has 2 fully saturated rings. The molecule has 1 amide bonds. The SMILES string of the molecule is CC1CC1n1c(-c2cccnc2)nnc1N1CCC(C(N)=O)CC1. The summed E-state index contributed by atoms with van der Waals surface area (Å²) >= 11 is 0. The maximum Gasteiger partial charge on any atom is 0.227 e. The fourth-order valence-corrected chi connectivity index (χ4v) is 3.52. The van der Waals surface area contributed by atoms with Crippen molar-refractivity contribution in [2.75, 3.05) is 18.0 Å². The van der Waals surface area contributed by atoms with Gasteiger partial charge in [0.05, 0.1) is 0 Å². The number of piperidine rings is 1. The first kappa shape index (κ1) is 15.1. The molecule has 7 heteroatoms. The van der Waals surface area contributed by atoms with Crippen LogP contribution in [0.15, 0.2) is 24.5 Å². The Morgan fingerprint density at radius 1 is 1.29 bits per heavy atom. The maximum atomic E-state index is 11.4. The van der Waals surface area contributed by atoms with E-state index in [0.29, 0.717) is 12.0 Å². The molecular formula is C17H22N6O. The van der Waals surface area contributed by atoms with Crippen molar-refractivity contribution < 1.29 is 4.79 Å². The van der Waals surface area contributed by atoms with E-state index in [1.54, 1.807) is 6.20 Å². The molecule has 24 heavy (non-hydrogen) atoms. The molecule has 4 rings (SSSR count). The van der Waals surface area contributed by atoms with Crippen LogP contribution in [0.5, 0.6) is 0 Å². The van der Waals surface area contributed by atoms with Crippen LogP contribution in [0.4, 0.5) is 5.95 Å². The molecule has 126 valence electrons. The second kappa shape index (κ2) is 5.89. The largest absolute Gasteiger partial charge is 0.369 e. The van der Waals surface area contributed by atoms with Crippen LogP contribution >= 0.6 is 0 Å². The summed E-state index contributed by atoms with van der Waals surface area (Å²) in [6, 6.07) is 4.38. The third-order valence-corrected chi connectivity index (χ3v) is 5.18. The molecule has 0 aromatic carbocycles. The fourth-order valence-electron chi connectivity index (χ4n) is 3.52. The van der Waals surface area contributed by atoms with Gasteiger partial charge in [0.1, 0.15) is 0 Å². The quantitative estimate of drug-likeness (QED) is 0.922. The molecule has 1 saturated carbocycles. The molecule has 2 aromatic rings. The van der Waals surface area contributed by atoms with Crippen LogP contribution in [-0.4, -0.2) is 38.7 Å². The van der Waals surface area contributed by atoms with Crippen molar-refractivity contribution in [3.05, 3.63) is 24.5 Å². The second-order valence-electron chi connectivity index (χ2n) is 6.88. The molecule has 2 N–H and O–H groups in total. The number of amides is 1. The Morgan fingerprint density at radius 3 is 2.62 bits per heavy atom. The van der Waals surface area contributed by atoms with Crippen molar-refractivity contribution in [3.63, 3.8) is 0 Å². The molecule has 1 aliphatic carbocycles. The van der Waals surface area contributed by atoms with Crippen LogP contribution in [0, 0.1) is 11.8 Å². The van der Waals surface area contributed by atoms with E-state index < -0.39 is 0 Å². The monoisotopic (exact) mass is 326 g/mol. The first-order chi connectivity index (χ1) is 11.6. The molecular weight excluding hydrogens is 304 g/mol. The highest BCUT2D eigenvalue weighted by Crippen LogP contribution is 2.47. The summed E-state index contributed by atoms with van der Waals surface area (Å²) in [4.78, 5) is 17.8. The Morgan fingerprint density at radius 2 is 2.04 bits per heavy atom. The minimum Gasteiger partial charge on any atom is -0.369 e. The van der Waals surface area contributed by atoms with Crippen molar-refractivity contribution in [2.45, 2.75) is 32.2 Å². The number of aromatic nitrogens is 4. The summed E-state index contributed by atoms with van der Waals surface area (Å²) in [5.74, 6) is 2.21. The zero-order valence-electron chi connectivity index (χ0n) is 13.8. The van der Waals surface area contributed by atoms with Gasteiger partial charge in [-0.25, -0.2) is 0 Å². The molecule has 0 spiro atoms. The van der Waals surface area contributed by atoms with E-state index in [9.17, 15) is 4.79 Å². The predicted octanol–water partition coefficient (Wildman–Crippen LogP) is 1.62. The maximum absolute atomic E-state index is 11.4. The Labute approximate surface area is 140 Å². The lowest BCUT2D eigenvalue weighted by Gasteiger charge is -2.31. The lowest BCUT2D eigenvalue weighted by Crippen LogP contribution is -2.39. The number of rotatable bonds is 4. The van der Waals surface area contributed by atoms with E-state index in [0.717, 1.165) is 49.7 Å². The van der Waals surface area contributed by atoms with Crippen LogP contribution in [-0.2, 0) is 4.79 Å². The lowest BCUT2D eigenvalue weighted by atomic mass is 9.96. The summed E-state index contributed by atoms with van der Waals surface area (Å²) < 4.78 is 2.26. The minimum atomic E-state index is -0.192. The van der Waals surface area contributed by atoms with Crippen molar-refractivity contribution in [2.24, 2.45) is 17.6 Å². The van der Waals surface area contributed by atoms with Gasteiger partial charge in [0.15, 0.2) is 5.82 Å². The smallest absolute Gasteiger partial charge is 0.227 e. The number of nitrogens with two attached hydrogens (primary N) is 1. The fraction of sp³-hybridized carbons (Fsp3) is 0.529. The molecule has 2 aliphatic rings. The van der Waals surface area contributed by atoms with E-state index in [1.807, 2.05) is 18.3 Å². The van der Waals surface area contributed by atoms with Gasteiger partial charge in [-0.2, -0.15) is 0 Å². The molecule has 1 aliphatic heterocycles. The normalized spacial score (nSPS) is 24.1. The summed E-state index contributed by atoms with van der Waals surface area (Å²) in [6.07, 6.45) is 6.31. The molecule has 2 aromatic heterocycles. The Balaban J connectivity index is 1.65. The summed E-state index contributed by atoms with van der Waals surface area (Å²) in [7, 11) is 0. The molecule has 2 unspecified atom stereocenters. The summed E-state index contributed by atoms with van der Waals surface area (Å²) in [5, 5.41) is 8.93. The van der Waals surface area contributed by atoms with Crippen molar-refractivity contribution in [1.82, 2.24) is 19.7 Å². The third-order valence-electron chi connectivity index (χ3n) is 5.18. The van der Waals surface area contributed by atoms with Gasteiger partial charge in [-0.1, -0.05) is 6.92 Å². The van der Waals surface area contributed by atoms with Gasteiger partial charge in [-0.05, 0) is 37.3 Å². The molecule has 0 radical (unpaired) electrons. The lowest BCUT2D eigenvalue weighted by molar-refractivity contribution is -0.122. The highest BCUT2D eigenvalue weighted by atomic mass is 16.1. The van der Waals surface area contributed by atoms with Crippen LogP contribution in [0.25, 0.3) is 11.4 Å². The molecule has 3 heterocycles. The average Bonchev–Trinajstić information content (AvgIpc) is 3.17. The van der Waals surface area contributed by atoms with Gasteiger partial charge >= 0.3 is 0 Å². The van der Waals surface area contributed by atoms with Crippen LogP contribution in [0.1, 0.15) is 32.2 Å². The summed E-state index contributed by atoms with van der Waals surface area (Å²) in [5.41, 5.74) is 6.43. The van der Waals surface area contributed by atoms with E-state index in [4.69, 9.17) is 5.73 Å². The van der Waals surface area contributed by atoms with E-state index in [1.165, 1.54) is 0 Å². The standard InChI is InChI=1S/C17H22N6O/c1-11-9-14(11)23-16(13-3-2-6-19-10-13)20-21-17(23)22-7-4-12(5-8-22)15(18)24/h2-3,6,10-12,14H,4-5,7-9H2,1H3,(H2,18,24). The van der Waals surface area contributed by atoms with Crippen molar-refractivity contribution in [3.8, 4) is 11.4 Å². The van der Waals surface area contributed by atoms with Gasteiger partial charge in [0.2, 0.25) is 11.9 Å². The number of pyridine rings is 1. The average molecular weight is 326 g/mol. The zero-order valence-corrected chi connectivity index (χ0v) is 13.8. The Hall–Kier alpha value is -2.44. The first-order valence-corrected chi connectivity index (χ1v) is 8.54. The number of carbonyl (C=O) groups excluding carboxylic acids is 1. The zero-order chi connectivity index (χ0) is 16.7. The molecule has 7 nitrogen and oxygen atoms in total. The van der Waals surface area contributed by atoms with Gasteiger partial charge in [-0.3, -0.25) is 14.3 Å². The first-order valence-electron chi connectivity index (χ1n) is 8.54. The second-order valence-corrected chi connectivity index (χ2v) is 6.88. The van der Waals surface area contributed by atoms with Crippen LogP contribution in [0.2, 0.25) is 0 Å². The summed E-state index contributed by atoms with van der Waals surface area (Å²) in [6.45, 7) is 3.83. The number of carbonyl (C=O) groups is 1. The number of nitrogens with zero attached hydrogens (tertiary/aromatic N) is 5. The van der Waals surface area contributed by atoms with Gasteiger partial charge in [-0.15, -0.1) is 10.2 Å². The predicted molar refractivity (Wildman–Crippen MR) is 90.2 cm³/mol. The number of anilines is 1. The van der Waals surface area contributed by atoms with Crippen LogP contribution in [0.3, 0.4) is 0 Å². The third kappa shape index (κ3) is 2.64. The van der Waals surface area contributed by atoms with Crippen molar-refractivity contribution >= 4 is 11.9 Å². The number of hydrogen-bond donors (Lipinski definition) is 1. The number of hydrogen-bond acceptors (Lipinski definition) is 5. The van der Waals surface area contributed by atoms with Crippen molar-refractivity contribution in [1.29, 1.82) is 0 Å². The van der Waals surface area contributed by atoms with E-state index in [-0.39, 0.29) is 11.8 Å². The molecule has 0 bridgehead atoms. The molecule has 2 atom stereocenters.